The van der Waals surface area contributed by atoms with E-state index >= 15 is 0 Å². The standard InChI is InChI=1S/C24H45N5O/c1-2-3-4-5-6-7-8-9-10-11-16-24(30)17-15-22-28(20-14-21-29(22)24)19-13-12-18-27-23(25)26/h2,15,17,22,30H,1,3-14,16,18-21H2,(H4,25,26,27)/p+1. The lowest BCUT2D eigenvalue weighted by Gasteiger charge is -2.42. The van der Waals surface area contributed by atoms with Crippen LogP contribution in [-0.4, -0.2) is 54.0 Å². The molecule has 1 fully saturated rings. The molecule has 6 N–H and O–H groups in total. The quantitative estimate of drug-likeness (QED) is 0.133. The highest BCUT2D eigenvalue weighted by atomic mass is 16.3. The molecule has 6 nitrogen and oxygen atoms in total. The lowest BCUT2D eigenvalue weighted by molar-refractivity contribution is -0.937. The van der Waals surface area contributed by atoms with E-state index in [0.29, 0.717) is 12.7 Å². The van der Waals surface area contributed by atoms with E-state index in [4.69, 9.17) is 11.5 Å². The molecular formula is C24H46N5O+. The summed E-state index contributed by atoms with van der Waals surface area (Å²) in [5.74, 6) is 0.179. The number of hydrogen-bond acceptors (Lipinski definition) is 3. The highest BCUT2D eigenvalue weighted by molar-refractivity contribution is 5.75. The second-order valence-electron chi connectivity index (χ2n) is 9.06. The summed E-state index contributed by atoms with van der Waals surface area (Å²) in [5.41, 5.74) is 10.0. The van der Waals surface area contributed by atoms with Gasteiger partial charge in [-0.05, 0) is 50.7 Å². The highest BCUT2D eigenvalue weighted by Crippen LogP contribution is 2.30. The van der Waals surface area contributed by atoms with E-state index in [2.05, 4.69) is 28.6 Å². The molecule has 30 heavy (non-hydrogen) atoms. The number of rotatable bonds is 16. The third kappa shape index (κ3) is 8.40. The Morgan fingerprint density at radius 1 is 1.10 bits per heavy atom. The first-order valence-corrected chi connectivity index (χ1v) is 12.3. The van der Waals surface area contributed by atoms with Crippen molar-refractivity contribution in [2.75, 3.05) is 26.2 Å². The maximum Gasteiger partial charge on any atom is 0.185 e. The summed E-state index contributed by atoms with van der Waals surface area (Å²) in [6.07, 6.45) is 22.2. The van der Waals surface area contributed by atoms with Crippen molar-refractivity contribution in [2.24, 2.45) is 16.5 Å². The molecule has 6 heteroatoms. The monoisotopic (exact) mass is 420 g/mol. The van der Waals surface area contributed by atoms with Gasteiger partial charge in [0.15, 0.2) is 12.1 Å². The molecule has 2 heterocycles. The SMILES string of the molecule is C=CCCCCCCCCCCC1(O)C=CC2N1CCC[NH+]2CCCCN=C(N)N. The lowest BCUT2D eigenvalue weighted by Crippen LogP contribution is -3.18. The Labute approximate surface area is 184 Å². The van der Waals surface area contributed by atoms with Crippen LogP contribution in [0.1, 0.15) is 83.5 Å². The van der Waals surface area contributed by atoms with Crippen LogP contribution in [-0.2, 0) is 0 Å². The van der Waals surface area contributed by atoms with Crippen LogP contribution in [0.15, 0.2) is 29.8 Å². The Bertz CT molecular complexity index is 546. The fraction of sp³-hybridized carbons (Fsp3) is 0.792. The van der Waals surface area contributed by atoms with E-state index in [-0.39, 0.29) is 5.96 Å². The summed E-state index contributed by atoms with van der Waals surface area (Å²) in [7, 11) is 0. The number of aliphatic imine (C=N–C) groups is 1. The number of hydrogen-bond donors (Lipinski definition) is 4. The largest absolute Gasteiger partial charge is 0.372 e. The van der Waals surface area contributed by atoms with E-state index in [0.717, 1.165) is 51.6 Å². The van der Waals surface area contributed by atoms with E-state index in [1.807, 2.05) is 6.08 Å². The van der Waals surface area contributed by atoms with Crippen molar-refractivity contribution >= 4 is 5.96 Å². The van der Waals surface area contributed by atoms with Gasteiger partial charge in [-0.3, -0.25) is 4.99 Å². The molecular weight excluding hydrogens is 374 g/mol. The maximum atomic E-state index is 11.3. The predicted molar refractivity (Wildman–Crippen MR) is 126 cm³/mol. The fourth-order valence-electron chi connectivity index (χ4n) is 4.91. The van der Waals surface area contributed by atoms with Crippen molar-refractivity contribution in [1.29, 1.82) is 0 Å². The lowest BCUT2D eigenvalue weighted by atomic mass is 10.0. The first-order valence-electron chi connectivity index (χ1n) is 12.3. The molecule has 0 aromatic carbocycles. The van der Waals surface area contributed by atoms with Gasteiger partial charge < -0.3 is 21.5 Å². The van der Waals surface area contributed by atoms with E-state index in [9.17, 15) is 5.11 Å². The van der Waals surface area contributed by atoms with Crippen molar-refractivity contribution in [3.8, 4) is 0 Å². The van der Waals surface area contributed by atoms with Crippen molar-refractivity contribution in [3.63, 3.8) is 0 Å². The molecule has 3 atom stereocenters. The highest BCUT2D eigenvalue weighted by Gasteiger charge is 2.46. The Balaban J connectivity index is 1.62. The number of quaternary nitrogens is 1. The number of nitrogens with two attached hydrogens (primary N) is 2. The molecule has 0 bridgehead atoms. The average molecular weight is 421 g/mol. The van der Waals surface area contributed by atoms with Crippen molar-refractivity contribution in [1.82, 2.24) is 4.90 Å². The number of nitrogens with one attached hydrogen (secondary N) is 1. The van der Waals surface area contributed by atoms with E-state index < -0.39 is 5.72 Å². The van der Waals surface area contributed by atoms with Crippen molar-refractivity contribution < 1.29 is 10.0 Å². The van der Waals surface area contributed by atoms with Gasteiger partial charge in [0, 0.05) is 19.5 Å². The minimum absolute atomic E-state index is 0.179. The Kier molecular flexibility index (Phi) is 11.5. The molecule has 0 spiro atoms. The zero-order valence-electron chi connectivity index (χ0n) is 19.0. The molecule has 2 rings (SSSR count). The molecule has 0 saturated carbocycles. The number of unbranched alkanes of at least 4 members (excludes halogenated alkanes) is 9. The second-order valence-corrected chi connectivity index (χ2v) is 9.06. The Hall–Kier alpha value is -1.37. The molecule has 3 unspecified atom stereocenters. The van der Waals surface area contributed by atoms with Crippen LogP contribution in [0.2, 0.25) is 0 Å². The van der Waals surface area contributed by atoms with Crippen molar-refractivity contribution in [2.45, 2.75) is 95.4 Å². The van der Waals surface area contributed by atoms with Crippen LogP contribution >= 0.6 is 0 Å². The van der Waals surface area contributed by atoms with Gasteiger partial charge in [0.25, 0.3) is 0 Å². The van der Waals surface area contributed by atoms with Gasteiger partial charge in [-0.2, -0.15) is 0 Å². The zero-order chi connectivity index (χ0) is 21.7. The van der Waals surface area contributed by atoms with Gasteiger partial charge >= 0.3 is 0 Å². The molecule has 2 aliphatic heterocycles. The summed E-state index contributed by atoms with van der Waals surface area (Å²) >= 11 is 0. The fourth-order valence-corrected chi connectivity index (χ4v) is 4.91. The third-order valence-corrected chi connectivity index (χ3v) is 6.60. The summed E-state index contributed by atoms with van der Waals surface area (Å²) in [5, 5.41) is 11.3. The predicted octanol–water partition coefficient (Wildman–Crippen LogP) is 2.30. The van der Waals surface area contributed by atoms with Gasteiger partial charge in [-0.25, -0.2) is 4.90 Å². The number of nitrogens with zero attached hydrogens (tertiary/aromatic N) is 2. The summed E-state index contributed by atoms with van der Waals surface area (Å²) in [6, 6.07) is 0. The normalized spacial score (nSPS) is 25.9. The number of guanidine groups is 1. The summed E-state index contributed by atoms with van der Waals surface area (Å²) in [6.45, 7) is 7.77. The number of fused-ring (bicyclic) bond motifs is 1. The average Bonchev–Trinajstić information content (AvgIpc) is 3.07. The first-order chi connectivity index (χ1) is 14.6. The maximum absolute atomic E-state index is 11.3. The van der Waals surface area contributed by atoms with Crippen LogP contribution in [0, 0.1) is 0 Å². The topological polar surface area (TPSA) is 92.3 Å². The van der Waals surface area contributed by atoms with E-state index in [1.165, 1.54) is 51.5 Å². The van der Waals surface area contributed by atoms with E-state index in [1.54, 1.807) is 4.90 Å². The molecule has 0 radical (unpaired) electrons. The Morgan fingerprint density at radius 2 is 1.80 bits per heavy atom. The molecule has 0 amide bonds. The summed E-state index contributed by atoms with van der Waals surface area (Å²) < 4.78 is 0. The number of allylic oxidation sites excluding steroid dienone is 1. The van der Waals surface area contributed by atoms with Crippen LogP contribution in [0.4, 0.5) is 0 Å². The van der Waals surface area contributed by atoms with Gasteiger partial charge in [0.1, 0.15) is 5.72 Å². The minimum atomic E-state index is -0.737. The van der Waals surface area contributed by atoms with Crippen LogP contribution in [0.3, 0.4) is 0 Å². The molecule has 2 aliphatic rings. The van der Waals surface area contributed by atoms with Crippen LogP contribution in [0.5, 0.6) is 0 Å². The van der Waals surface area contributed by atoms with Gasteiger partial charge in [0.05, 0.1) is 13.1 Å². The van der Waals surface area contributed by atoms with Gasteiger partial charge in [-0.15, -0.1) is 6.58 Å². The van der Waals surface area contributed by atoms with Crippen LogP contribution in [0.25, 0.3) is 0 Å². The van der Waals surface area contributed by atoms with Crippen molar-refractivity contribution in [3.05, 3.63) is 24.8 Å². The van der Waals surface area contributed by atoms with Gasteiger partial charge in [-0.1, -0.05) is 44.6 Å². The second kappa shape index (κ2) is 13.8. The molecule has 172 valence electrons. The Morgan fingerprint density at radius 3 is 2.50 bits per heavy atom. The minimum Gasteiger partial charge on any atom is -0.372 e. The molecule has 0 aromatic rings. The van der Waals surface area contributed by atoms with Gasteiger partial charge in [0.2, 0.25) is 0 Å². The smallest absolute Gasteiger partial charge is 0.185 e. The zero-order valence-corrected chi connectivity index (χ0v) is 19.0. The third-order valence-electron chi connectivity index (χ3n) is 6.60. The molecule has 0 aromatic heterocycles. The summed E-state index contributed by atoms with van der Waals surface area (Å²) in [4.78, 5) is 7.97. The number of aliphatic hydroxyl groups is 1. The first kappa shape index (κ1) is 24.9. The molecule has 1 saturated heterocycles. The van der Waals surface area contributed by atoms with Crippen LogP contribution < -0.4 is 16.4 Å². The molecule has 0 aliphatic carbocycles.